The van der Waals surface area contributed by atoms with Gasteiger partial charge in [-0.05, 0) is 42.8 Å². The number of hydrogen-bond acceptors (Lipinski definition) is 3. The van der Waals surface area contributed by atoms with Crippen LogP contribution in [0.2, 0.25) is 0 Å². The first-order chi connectivity index (χ1) is 11.6. The molecule has 0 radical (unpaired) electrons. The van der Waals surface area contributed by atoms with E-state index in [2.05, 4.69) is 26.6 Å². The molecular weight excluding hydrogens is 372 g/mol. The van der Waals surface area contributed by atoms with Gasteiger partial charge in [-0.1, -0.05) is 28.1 Å². The summed E-state index contributed by atoms with van der Waals surface area (Å²) in [5, 5.41) is 5.34. The third kappa shape index (κ3) is 5.70. The van der Waals surface area contributed by atoms with Crippen LogP contribution in [0.25, 0.3) is 0 Å². The predicted molar refractivity (Wildman–Crippen MR) is 97.3 cm³/mol. The van der Waals surface area contributed by atoms with Gasteiger partial charge in [-0.2, -0.15) is 0 Å². The Kier molecular flexibility index (Phi) is 6.81. The number of benzene rings is 2. The summed E-state index contributed by atoms with van der Waals surface area (Å²) in [5.74, 6) is 0.471. The molecule has 0 spiro atoms. The first-order valence-electron chi connectivity index (χ1n) is 7.59. The smallest absolute Gasteiger partial charge is 0.251 e. The second-order valence-electron chi connectivity index (χ2n) is 5.12. The van der Waals surface area contributed by atoms with Gasteiger partial charge in [0.05, 0.1) is 6.61 Å². The summed E-state index contributed by atoms with van der Waals surface area (Å²) in [4.78, 5) is 23.5. The molecule has 0 bridgehead atoms. The quantitative estimate of drug-likeness (QED) is 0.709. The van der Waals surface area contributed by atoms with E-state index in [1.165, 1.54) is 0 Å². The molecule has 2 rings (SSSR count). The molecule has 2 N–H and O–H groups in total. The number of rotatable bonds is 7. The van der Waals surface area contributed by atoms with Crippen LogP contribution in [-0.4, -0.2) is 25.5 Å². The average Bonchev–Trinajstić information content (AvgIpc) is 2.58. The number of nitrogens with one attached hydrogen (secondary N) is 2. The SMILES string of the molecule is CNC(=O)c1cccc(NC(=O)CCCOc2cccc(Br)c2)c1. The minimum Gasteiger partial charge on any atom is -0.494 e. The Morgan fingerprint density at radius 2 is 1.92 bits per heavy atom. The van der Waals surface area contributed by atoms with Crippen LogP contribution in [0, 0.1) is 0 Å². The number of carbonyl (C=O) groups excluding carboxylic acids is 2. The number of ether oxygens (including phenoxy) is 1. The van der Waals surface area contributed by atoms with Crippen molar-refractivity contribution in [2.24, 2.45) is 0 Å². The lowest BCUT2D eigenvalue weighted by molar-refractivity contribution is -0.116. The molecule has 2 aromatic rings. The van der Waals surface area contributed by atoms with Crippen molar-refractivity contribution in [3.63, 3.8) is 0 Å². The van der Waals surface area contributed by atoms with Gasteiger partial charge in [0.25, 0.3) is 5.91 Å². The van der Waals surface area contributed by atoms with Gasteiger partial charge in [-0.25, -0.2) is 0 Å². The van der Waals surface area contributed by atoms with Crippen molar-refractivity contribution in [1.82, 2.24) is 5.32 Å². The lowest BCUT2D eigenvalue weighted by Gasteiger charge is -2.08. The number of halogens is 1. The molecule has 0 fully saturated rings. The predicted octanol–water partition coefficient (Wildman–Crippen LogP) is 3.61. The van der Waals surface area contributed by atoms with Crippen molar-refractivity contribution < 1.29 is 14.3 Å². The fourth-order valence-corrected chi connectivity index (χ4v) is 2.46. The molecule has 0 aliphatic carbocycles. The molecule has 0 saturated heterocycles. The summed E-state index contributed by atoms with van der Waals surface area (Å²) < 4.78 is 6.54. The minimum absolute atomic E-state index is 0.109. The Morgan fingerprint density at radius 3 is 2.67 bits per heavy atom. The first kappa shape index (κ1) is 18.0. The number of carbonyl (C=O) groups is 2. The van der Waals surface area contributed by atoms with Gasteiger partial charge in [0.2, 0.25) is 5.91 Å². The van der Waals surface area contributed by atoms with Gasteiger partial charge >= 0.3 is 0 Å². The summed E-state index contributed by atoms with van der Waals surface area (Å²) in [7, 11) is 1.57. The lowest BCUT2D eigenvalue weighted by Crippen LogP contribution is -2.18. The second kappa shape index (κ2) is 9.08. The van der Waals surface area contributed by atoms with Gasteiger partial charge in [0, 0.05) is 29.2 Å². The minimum atomic E-state index is -0.187. The highest BCUT2D eigenvalue weighted by Gasteiger charge is 2.06. The molecule has 2 aromatic carbocycles. The largest absolute Gasteiger partial charge is 0.494 e. The summed E-state index contributed by atoms with van der Waals surface area (Å²) in [6.45, 7) is 0.460. The van der Waals surface area contributed by atoms with Crippen LogP contribution in [-0.2, 0) is 4.79 Å². The molecule has 5 nitrogen and oxygen atoms in total. The van der Waals surface area contributed by atoms with Gasteiger partial charge < -0.3 is 15.4 Å². The van der Waals surface area contributed by atoms with E-state index in [4.69, 9.17) is 4.74 Å². The Labute approximate surface area is 149 Å². The molecule has 2 amide bonds. The standard InChI is InChI=1S/C18H19BrN2O3/c1-20-18(23)13-5-2-7-15(11-13)21-17(22)9-4-10-24-16-8-3-6-14(19)12-16/h2-3,5-8,11-12H,4,9-10H2,1H3,(H,20,23)(H,21,22). The van der Waals surface area contributed by atoms with Gasteiger partial charge in [-0.3, -0.25) is 9.59 Å². The first-order valence-corrected chi connectivity index (χ1v) is 8.38. The summed E-state index contributed by atoms with van der Waals surface area (Å²) in [6.07, 6.45) is 0.950. The summed E-state index contributed by atoms with van der Waals surface area (Å²) in [5.41, 5.74) is 1.11. The number of hydrogen-bond donors (Lipinski definition) is 2. The van der Waals surface area contributed by atoms with Crippen LogP contribution in [0.5, 0.6) is 5.75 Å². The van der Waals surface area contributed by atoms with Crippen molar-refractivity contribution in [3.05, 3.63) is 58.6 Å². The fraction of sp³-hybridized carbons (Fsp3) is 0.222. The zero-order chi connectivity index (χ0) is 17.4. The van der Waals surface area contributed by atoms with Crippen molar-refractivity contribution in [3.8, 4) is 5.75 Å². The zero-order valence-electron chi connectivity index (χ0n) is 13.3. The van der Waals surface area contributed by atoms with E-state index in [-0.39, 0.29) is 11.8 Å². The highest BCUT2D eigenvalue weighted by Crippen LogP contribution is 2.18. The number of anilines is 1. The van der Waals surface area contributed by atoms with Crippen molar-refractivity contribution in [2.75, 3.05) is 19.0 Å². The molecule has 0 aromatic heterocycles. The molecule has 6 heteroatoms. The van der Waals surface area contributed by atoms with E-state index >= 15 is 0 Å². The van der Waals surface area contributed by atoms with Gasteiger partial charge in [-0.15, -0.1) is 0 Å². The van der Waals surface area contributed by atoms with Crippen LogP contribution < -0.4 is 15.4 Å². The van der Waals surface area contributed by atoms with Gasteiger partial charge in [0.1, 0.15) is 5.75 Å². The molecule has 0 aliphatic heterocycles. The van der Waals surface area contributed by atoms with Crippen LogP contribution in [0.3, 0.4) is 0 Å². The van der Waals surface area contributed by atoms with Crippen LogP contribution >= 0.6 is 15.9 Å². The topological polar surface area (TPSA) is 67.4 Å². The third-order valence-corrected chi connectivity index (χ3v) is 3.74. The molecular formula is C18H19BrN2O3. The van der Waals surface area contributed by atoms with E-state index < -0.39 is 0 Å². The maximum atomic E-state index is 12.0. The van der Waals surface area contributed by atoms with E-state index in [0.29, 0.717) is 30.7 Å². The maximum Gasteiger partial charge on any atom is 0.251 e. The summed E-state index contributed by atoms with van der Waals surface area (Å²) in [6, 6.07) is 14.4. The molecule has 24 heavy (non-hydrogen) atoms. The third-order valence-electron chi connectivity index (χ3n) is 3.25. The highest BCUT2D eigenvalue weighted by atomic mass is 79.9. The highest BCUT2D eigenvalue weighted by molar-refractivity contribution is 9.10. The normalized spacial score (nSPS) is 10.1. The van der Waals surface area contributed by atoms with Crippen LogP contribution in [0.4, 0.5) is 5.69 Å². The molecule has 0 aliphatic rings. The van der Waals surface area contributed by atoms with Crippen molar-refractivity contribution >= 4 is 33.4 Å². The van der Waals surface area contributed by atoms with E-state index in [9.17, 15) is 9.59 Å². The van der Waals surface area contributed by atoms with E-state index in [1.807, 2.05) is 24.3 Å². The van der Waals surface area contributed by atoms with E-state index in [0.717, 1.165) is 10.2 Å². The van der Waals surface area contributed by atoms with Crippen molar-refractivity contribution in [1.29, 1.82) is 0 Å². The maximum absolute atomic E-state index is 12.0. The van der Waals surface area contributed by atoms with Crippen LogP contribution in [0.15, 0.2) is 53.0 Å². The molecule has 0 atom stereocenters. The molecule has 0 heterocycles. The fourth-order valence-electron chi connectivity index (χ4n) is 2.09. The van der Waals surface area contributed by atoms with Crippen LogP contribution in [0.1, 0.15) is 23.2 Å². The average molecular weight is 391 g/mol. The Morgan fingerprint density at radius 1 is 1.12 bits per heavy atom. The molecule has 0 saturated carbocycles. The second-order valence-corrected chi connectivity index (χ2v) is 6.03. The Balaban J connectivity index is 1.76. The van der Waals surface area contributed by atoms with Crippen molar-refractivity contribution in [2.45, 2.75) is 12.8 Å². The zero-order valence-corrected chi connectivity index (χ0v) is 14.9. The molecule has 126 valence electrons. The Hall–Kier alpha value is -2.34. The summed E-state index contributed by atoms with van der Waals surface area (Å²) >= 11 is 3.38. The monoisotopic (exact) mass is 390 g/mol. The lowest BCUT2D eigenvalue weighted by atomic mass is 10.2. The van der Waals surface area contributed by atoms with Gasteiger partial charge in [0.15, 0.2) is 0 Å². The van der Waals surface area contributed by atoms with E-state index in [1.54, 1.807) is 31.3 Å². The number of amides is 2. The molecule has 0 unspecified atom stereocenters. The Bertz CT molecular complexity index is 719.